The predicted molar refractivity (Wildman–Crippen MR) is 111 cm³/mol. The fraction of sp³-hybridized carbons (Fsp3) is 0.350. The maximum Gasteiger partial charge on any atom is 0.256 e. The topological polar surface area (TPSA) is 88.8 Å². The fourth-order valence-corrected chi connectivity index (χ4v) is 4.81. The highest BCUT2D eigenvalue weighted by Gasteiger charge is 2.49. The van der Waals surface area contributed by atoms with Crippen molar-refractivity contribution in [2.75, 3.05) is 5.32 Å². The molecule has 0 aliphatic carbocycles. The first-order valence-corrected chi connectivity index (χ1v) is 10.4. The Morgan fingerprint density at radius 3 is 2.76 bits per heavy atom. The van der Waals surface area contributed by atoms with Crippen LogP contribution in [0.4, 0.5) is 5.82 Å². The van der Waals surface area contributed by atoms with Crippen molar-refractivity contribution in [1.82, 2.24) is 29.9 Å². The van der Waals surface area contributed by atoms with Crippen LogP contribution in [-0.2, 0) is 0 Å². The lowest BCUT2D eigenvalue weighted by molar-refractivity contribution is 0.0727. The van der Waals surface area contributed by atoms with Crippen LogP contribution in [0, 0.1) is 6.92 Å². The zero-order valence-electron chi connectivity index (χ0n) is 15.9. The van der Waals surface area contributed by atoms with Crippen LogP contribution in [0.15, 0.2) is 47.6 Å². The second-order valence-corrected chi connectivity index (χ2v) is 8.32. The van der Waals surface area contributed by atoms with Crippen molar-refractivity contribution in [3.05, 3.63) is 58.7 Å². The van der Waals surface area contributed by atoms with Crippen molar-refractivity contribution in [3.8, 4) is 5.69 Å². The van der Waals surface area contributed by atoms with E-state index < -0.39 is 0 Å². The van der Waals surface area contributed by atoms with E-state index in [4.69, 9.17) is 0 Å². The van der Waals surface area contributed by atoms with Gasteiger partial charge in [-0.05, 0) is 53.7 Å². The standard InChI is InChI=1S/C20H20BrN7O/c1-12-3-2-4-14(19(12)28-24-7-8-25-28)20(29)27-13-5-6-16(27)15(9-13)26-18-11-22-17(21)10-23-18/h2-4,7-8,10-11,13,15-16H,5-6,9H2,1H3,(H,23,26). The summed E-state index contributed by atoms with van der Waals surface area (Å²) in [6.07, 6.45) is 9.56. The van der Waals surface area contributed by atoms with Crippen molar-refractivity contribution >= 4 is 27.7 Å². The summed E-state index contributed by atoms with van der Waals surface area (Å²) < 4.78 is 0.701. The molecule has 0 saturated carbocycles. The van der Waals surface area contributed by atoms with Crippen LogP contribution in [0.5, 0.6) is 0 Å². The molecule has 8 nitrogen and oxygen atoms in total. The molecular weight excluding hydrogens is 434 g/mol. The first kappa shape index (κ1) is 18.2. The molecule has 2 aromatic heterocycles. The van der Waals surface area contributed by atoms with Crippen LogP contribution in [0.3, 0.4) is 0 Å². The van der Waals surface area contributed by atoms with Crippen LogP contribution in [0.1, 0.15) is 35.2 Å². The van der Waals surface area contributed by atoms with Gasteiger partial charge in [-0.25, -0.2) is 9.97 Å². The second-order valence-electron chi connectivity index (χ2n) is 7.51. The zero-order chi connectivity index (χ0) is 20.0. The number of rotatable bonds is 4. The molecule has 5 rings (SSSR count). The first-order chi connectivity index (χ1) is 14.1. The Kier molecular flexibility index (Phi) is 4.54. The van der Waals surface area contributed by atoms with Gasteiger partial charge in [0.2, 0.25) is 0 Å². The average molecular weight is 454 g/mol. The number of benzene rings is 1. The van der Waals surface area contributed by atoms with E-state index in [-0.39, 0.29) is 24.0 Å². The SMILES string of the molecule is Cc1cccc(C(=O)N2C3CCC2C(Nc2cnc(Br)cn2)C3)c1-n1nccn1. The Morgan fingerprint density at radius 1 is 1.17 bits per heavy atom. The van der Waals surface area contributed by atoms with Gasteiger partial charge in [-0.3, -0.25) is 4.79 Å². The van der Waals surface area contributed by atoms with Gasteiger partial charge in [0.15, 0.2) is 0 Å². The summed E-state index contributed by atoms with van der Waals surface area (Å²) >= 11 is 3.31. The van der Waals surface area contributed by atoms with Crippen LogP contribution in [0.25, 0.3) is 5.69 Å². The van der Waals surface area contributed by atoms with Crippen molar-refractivity contribution in [1.29, 1.82) is 0 Å². The maximum atomic E-state index is 13.6. The van der Waals surface area contributed by atoms with E-state index in [1.807, 2.05) is 30.0 Å². The summed E-state index contributed by atoms with van der Waals surface area (Å²) in [6, 6.07) is 6.30. The average Bonchev–Trinajstić information content (AvgIpc) is 3.45. The Balaban J connectivity index is 1.43. The monoisotopic (exact) mass is 453 g/mol. The number of carbonyl (C=O) groups excluding carboxylic acids is 1. The lowest BCUT2D eigenvalue weighted by atomic mass is 9.95. The normalized spacial score (nSPS) is 22.8. The van der Waals surface area contributed by atoms with Crippen LogP contribution in [-0.4, -0.2) is 53.9 Å². The van der Waals surface area contributed by atoms with Gasteiger partial charge < -0.3 is 10.2 Å². The van der Waals surface area contributed by atoms with Crippen LogP contribution >= 0.6 is 15.9 Å². The maximum absolute atomic E-state index is 13.6. The third-order valence-electron chi connectivity index (χ3n) is 5.81. The van der Waals surface area contributed by atoms with Gasteiger partial charge in [0.25, 0.3) is 5.91 Å². The van der Waals surface area contributed by atoms with E-state index in [1.54, 1.807) is 24.8 Å². The summed E-state index contributed by atoms with van der Waals surface area (Å²) in [5, 5.41) is 12.0. The van der Waals surface area contributed by atoms with E-state index in [2.05, 4.69) is 41.4 Å². The molecule has 1 aromatic carbocycles. The number of halogens is 1. The minimum Gasteiger partial charge on any atom is -0.364 e. The van der Waals surface area contributed by atoms with E-state index in [9.17, 15) is 4.79 Å². The van der Waals surface area contributed by atoms with E-state index in [1.165, 1.54) is 4.80 Å². The third-order valence-corrected chi connectivity index (χ3v) is 6.22. The summed E-state index contributed by atoms with van der Waals surface area (Å²) in [7, 11) is 0. The van der Waals surface area contributed by atoms with Gasteiger partial charge in [-0.15, -0.1) is 0 Å². The fourth-order valence-electron chi connectivity index (χ4n) is 4.60. The molecule has 3 atom stereocenters. The summed E-state index contributed by atoms with van der Waals surface area (Å²) in [4.78, 5) is 25.8. The van der Waals surface area contributed by atoms with Gasteiger partial charge in [0.1, 0.15) is 16.1 Å². The van der Waals surface area contributed by atoms with Crippen LogP contribution < -0.4 is 5.32 Å². The van der Waals surface area contributed by atoms with E-state index >= 15 is 0 Å². The number of fused-ring (bicyclic) bond motifs is 2. The smallest absolute Gasteiger partial charge is 0.256 e. The molecule has 2 saturated heterocycles. The van der Waals surface area contributed by atoms with E-state index in [0.717, 1.165) is 36.3 Å². The molecule has 29 heavy (non-hydrogen) atoms. The summed E-state index contributed by atoms with van der Waals surface area (Å²) in [5.41, 5.74) is 2.36. The largest absolute Gasteiger partial charge is 0.364 e. The number of carbonyl (C=O) groups is 1. The first-order valence-electron chi connectivity index (χ1n) is 9.65. The van der Waals surface area contributed by atoms with Gasteiger partial charge in [-0.2, -0.15) is 15.0 Å². The molecule has 148 valence electrons. The Morgan fingerprint density at radius 2 is 2.00 bits per heavy atom. The minimum absolute atomic E-state index is 0.0414. The molecule has 2 bridgehead atoms. The Labute approximate surface area is 176 Å². The van der Waals surface area contributed by atoms with E-state index in [0.29, 0.717) is 10.2 Å². The number of aromatic nitrogens is 5. The molecule has 0 spiro atoms. The van der Waals surface area contributed by atoms with Gasteiger partial charge in [-0.1, -0.05) is 12.1 Å². The number of nitrogens with zero attached hydrogens (tertiary/aromatic N) is 6. The Bertz CT molecular complexity index is 1040. The molecule has 3 aromatic rings. The molecule has 1 amide bonds. The van der Waals surface area contributed by atoms with Gasteiger partial charge >= 0.3 is 0 Å². The van der Waals surface area contributed by atoms with Gasteiger partial charge in [0, 0.05) is 6.04 Å². The highest BCUT2D eigenvalue weighted by molar-refractivity contribution is 9.10. The number of aryl methyl sites for hydroxylation is 1. The molecule has 3 unspecified atom stereocenters. The highest BCUT2D eigenvalue weighted by atomic mass is 79.9. The predicted octanol–water partition coefficient (Wildman–Crippen LogP) is 2.99. The molecule has 2 aliphatic heterocycles. The van der Waals surface area contributed by atoms with Crippen molar-refractivity contribution in [3.63, 3.8) is 0 Å². The van der Waals surface area contributed by atoms with Gasteiger partial charge in [0.05, 0.1) is 42.4 Å². The number of para-hydroxylation sites is 1. The molecule has 9 heteroatoms. The number of hydrogen-bond acceptors (Lipinski definition) is 6. The number of amides is 1. The summed E-state index contributed by atoms with van der Waals surface area (Å²) in [5.74, 6) is 0.773. The number of nitrogens with one attached hydrogen (secondary N) is 1. The van der Waals surface area contributed by atoms with Crippen molar-refractivity contribution in [2.24, 2.45) is 0 Å². The lowest BCUT2D eigenvalue weighted by Crippen LogP contribution is -2.40. The minimum atomic E-state index is 0.0414. The molecule has 1 N–H and O–H groups in total. The highest BCUT2D eigenvalue weighted by Crippen LogP contribution is 2.40. The lowest BCUT2D eigenvalue weighted by Gasteiger charge is -2.26. The molecule has 2 fully saturated rings. The number of anilines is 1. The second kappa shape index (κ2) is 7.22. The quantitative estimate of drug-likeness (QED) is 0.652. The molecule has 4 heterocycles. The van der Waals surface area contributed by atoms with Crippen molar-refractivity contribution < 1.29 is 4.79 Å². The third kappa shape index (κ3) is 3.19. The zero-order valence-corrected chi connectivity index (χ0v) is 17.5. The number of hydrogen-bond donors (Lipinski definition) is 1. The summed E-state index contributed by atoms with van der Waals surface area (Å²) in [6.45, 7) is 1.98. The molecule has 0 radical (unpaired) electrons. The Hall–Kier alpha value is -2.81. The van der Waals surface area contributed by atoms with Crippen LogP contribution in [0.2, 0.25) is 0 Å². The molecule has 2 aliphatic rings. The molecular formula is C20H20BrN7O. The van der Waals surface area contributed by atoms with Crippen molar-refractivity contribution in [2.45, 2.75) is 44.3 Å².